The smallest absolute Gasteiger partial charge is 0.203 e. The van der Waals surface area contributed by atoms with E-state index in [9.17, 15) is 0 Å². The molecule has 0 aliphatic rings. The number of ether oxygens (including phenoxy) is 4. The Morgan fingerprint density at radius 2 is 1.32 bits per heavy atom. The molecule has 0 aliphatic heterocycles. The molecule has 0 amide bonds. The van der Waals surface area contributed by atoms with Crippen LogP contribution in [0.5, 0.6) is 23.0 Å². The Morgan fingerprint density at radius 1 is 0.679 bits per heavy atom. The van der Waals surface area contributed by atoms with Crippen molar-refractivity contribution in [2.75, 3.05) is 39.1 Å². The molecule has 1 heterocycles. The first kappa shape index (κ1) is 19.1. The predicted octanol–water partition coefficient (Wildman–Crippen LogP) is 4.00. The molecule has 28 heavy (non-hydrogen) atoms. The predicted molar refractivity (Wildman–Crippen MR) is 108 cm³/mol. The molecule has 8 nitrogen and oxygen atoms in total. The quantitative estimate of drug-likeness (QED) is 0.605. The molecule has 0 bridgehead atoms. The van der Waals surface area contributed by atoms with Gasteiger partial charge in [0.05, 0.1) is 28.4 Å². The molecule has 3 aromatic rings. The summed E-state index contributed by atoms with van der Waals surface area (Å²) in [6.07, 6.45) is 1.48. The Labute approximate surface area is 163 Å². The van der Waals surface area contributed by atoms with Gasteiger partial charge in [-0.25, -0.2) is 9.97 Å². The summed E-state index contributed by atoms with van der Waals surface area (Å²) in [4.78, 5) is 8.52. The van der Waals surface area contributed by atoms with Crippen LogP contribution in [0.2, 0.25) is 0 Å². The van der Waals surface area contributed by atoms with Crippen LogP contribution >= 0.6 is 0 Å². The summed E-state index contributed by atoms with van der Waals surface area (Å²) in [6, 6.07) is 13.0. The average Bonchev–Trinajstić information content (AvgIpc) is 2.73. The van der Waals surface area contributed by atoms with Gasteiger partial charge in [-0.2, -0.15) is 0 Å². The fraction of sp³-hybridized carbons (Fsp3) is 0.200. The minimum Gasteiger partial charge on any atom is -0.497 e. The van der Waals surface area contributed by atoms with Crippen molar-refractivity contribution in [3.8, 4) is 23.0 Å². The Bertz CT molecular complexity index is 924. The second-order valence-electron chi connectivity index (χ2n) is 5.68. The second-order valence-corrected chi connectivity index (χ2v) is 5.68. The van der Waals surface area contributed by atoms with Gasteiger partial charge >= 0.3 is 0 Å². The molecule has 0 saturated heterocycles. The normalized spacial score (nSPS) is 10.1. The third-order valence-electron chi connectivity index (χ3n) is 3.95. The molecular formula is C20H22N4O4. The minimum absolute atomic E-state index is 0.526. The van der Waals surface area contributed by atoms with Crippen LogP contribution in [0.4, 0.5) is 23.0 Å². The molecule has 2 aromatic carbocycles. The van der Waals surface area contributed by atoms with Crippen LogP contribution in [-0.4, -0.2) is 38.4 Å². The van der Waals surface area contributed by atoms with Gasteiger partial charge in [0, 0.05) is 35.6 Å². The summed E-state index contributed by atoms with van der Waals surface area (Å²) in [5.41, 5.74) is 1.59. The molecular weight excluding hydrogens is 360 g/mol. The second kappa shape index (κ2) is 8.81. The van der Waals surface area contributed by atoms with E-state index in [0.29, 0.717) is 28.9 Å². The van der Waals surface area contributed by atoms with E-state index in [2.05, 4.69) is 20.6 Å². The molecule has 146 valence electrons. The van der Waals surface area contributed by atoms with E-state index in [1.807, 2.05) is 24.3 Å². The molecule has 0 aliphatic carbocycles. The van der Waals surface area contributed by atoms with Crippen molar-refractivity contribution in [2.24, 2.45) is 0 Å². The van der Waals surface area contributed by atoms with Crippen molar-refractivity contribution in [1.82, 2.24) is 9.97 Å². The third kappa shape index (κ3) is 4.35. The number of benzene rings is 2. The van der Waals surface area contributed by atoms with Gasteiger partial charge in [-0.15, -0.1) is 0 Å². The molecule has 0 spiro atoms. The van der Waals surface area contributed by atoms with Crippen LogP contribution < -0.4 is 29.6 Å². The number of aromatic nitrogens is 2. The average molecular weight is 382 g/mol. The zero-order chi connectivity index (χ0) is 19.9. The zero-order valence-electron chi connectivity index (χ0n) is 16.1. The highest BCUT2D eigenvalue weighted by Crippen LogP contribution is 2.40. The molecule has 0 fully saturated rings. The summed E-state index contributed by atoms with van der Waals surface area (Å²) >= 11 is 0. The molecule has 0 unspecified atom stereocenters. The van der Waals surface area contributed by atoms with Crippen molar-refractivity contribution in [1.29, 1.82) is 0 Å². The van der Waals surface area contributed by atoms with Gasteiger partial charge in [-0.3, -0.25) is 0 Å². The van der Waals surface area contributed by atoms with Crippen LogP contribution in [0.1, 0.15) is 0 Å². The van der Waals surface area contributed by atoms with Gasteiger partial charge in [0.1, 0.15) is 23.7 Å². The number of hydrogen-bond acceptors (Lipinski definition) is 8. The van der Waals surface area contributed by atoms with Crippen molar-refractivity contribution in [2.45, 2.75) is 0 Å². The molecule has 0 saturated carbocycles. The van der Waals surface area contributed by atoms with Gasteiger partial charge in [0.15, 0.2) is 11.5 Å². The fourth-order valence-electron chi connectivity index (χ4n) is 2.64. The van der Waals surface area contributed by atoms with Crippen LogP contribution in [-0.2, 0) is 0 Å². The number of rotatable bonds is 8. The Balaban J connectivity index is 1.83. The van der Waals surface area contributed by atoms with Gasteiger partial charge < -0.3 is 29.6 Å². The van der Waals surface area contributed by atoms with Crippen molar-refractivity contribution in [3.63, 3.8) is 0 Å². The summed E-state index contributed by atoms with van der Waals surface area (Å²) < 4.78 is 21.3. The van der Waals surface area contributed by atoms with Gasteiger partial charge in [-0.1, -0.05) is 6.07 Å². The number of anilines is 4. The monoisotopic (exact) mass is 382 g/mol. The van der Waals surface area contributed by atoms with Crippen LogP contribution in [0.3, 0.4) is 0 Å². The largest absolute Gasteiger partial charge is 0.497 e. The molecule has 1 aromatic heterocycles. The van der Waals surface area contributed by atoms with Crippen LogP contribution in [0.15, 0.2) is 48.8 Å². The Hall–Kier alpha value is -3.68. The minimum atomic E-state index is 0.526. The standard InChI is InChI=1S/C20H22N4O4/c1-25-15-7-5-6-13(8-15)23-18-11-19(22-12-21-18)24-14-9-16(26-2)20(28-4)17(10-14)27-3/h5-12H,1-4H3,(H2,21,22,23,24). The van der Waals surface area contributed by atoms with E-state index in [1.54, 1.807) is 46.6 Å². The van der Waals surface area contributed by atoms with Crippen molar-refractivity contribution < 1.29 is 18.9 Å². The molecule has 8 heteroatoms. The highest BCUT2D eigenvalue weighted by atomic mass is 16.5. The number of nitrogens with one attached hydrogen (secondary N) is 2. The lowest BCUT2D eigenvalue weighted by Gasteiger charge is -2.15. The van der Waals surface area contributed by atoms with Gasteiger partial charge in [0.2, 0.25) is 5.75 Å². The van der Waals surface area contributed by atoms with E-state index < -0.39 is 0 Å². The SMILES string of the molecule is COc1cccc(Nc2cc(Nc3cc(OC)c(OC)c(OC)c3)ncn2)c1. The van der Waals surface area contributed by atoms with Crippen LogP contribution in [0, 0.1) is 0 Å². The first-order valence-corrected chi connectivity index (χ1v) is 8.47. The number of hydrogen-bond donors (Lipinski definition) is 2. The van der Waals surface area contributed by atoms with E-state index in [0.717, 1.165) is 17.1 Å². The number of methoxy groups -OCH3 is 4. The van der Waals surface area contributed by atoms with Crippen molar-refractivity contribution >= 4 is 23.0 Å². The summed E-state index contributed by atoms with van der Waals surface area (Å²) in [6.45, 7) is 0. The lowest BCUT2D eigenvalue weighted by atomic mass is 10.2. The summed E-state index contributed by atoms with van der Waals surface area (Å²) in [7, 11) is 6.33. The third-order valence-corrected chi connectivity index (χ3v) is 3.95. The maximum Gasteiger partial charge on any atom is 0.203 e. The summed E-state index contributed by atoms with van der Waals surface area (Å²) in [5, 5.41) is 6.45. The van der Waals surface area contributed by atoms with E-state index in [1.165, 1.54) is 6.33 Å². The zero-order valence-corrected chi connectivity index (χ0v) is 16.1. The molecule has 3 rings (SSSR count). The highest BCUT2D eigenvalue weighted by molar-refractivity contribution is 5.68. The van der Waals surface area contributed by atoms with E-state index in [-0.39, 0.29) is 0 Å². The first-order valence-electron chi connectivity index (χ1n) is 8.47. The Kier molecular flexibility index (Phi) is 6.01. The maximum atomic E-state index is 5.38. The lowest BCUT2D eigenvalue weighted by molar-refractivity contribution is 0.324. The summed E-state index contributed by atoms with van der Waals surface area (Å²) in [5.74, 6) is 3.63. The highest BCUT2D eigenvalue weighted by Gasteiger charge is 2.13. The molecule has 2 N–H and O–H groups in total. The fourth-order valence-corrected chi connectivity index (χ4v) is 2.64. The molecule has 0 atom stereocenters. The number of nitrogens with zero attached hydrogens (tertiary/aromatic N) is 2. The van der Waals surface area contributed by atoms with E-state index >= 15 is 0 Å². The first-order chi connectivity index (χ1) is 13.7. The van der Waals surface area contributed by atoms with Gasteiger partial charge in [0.25, 0.3) is 0 Å². The molecule has 0 radical (unpaired) electrons. The van der Waals surface area contributed by atoms with Crippen LogP contribution in [0.25, 0.3) is 0 Å². The topological polar surface area (TPSA) is 86.8 Å². The van der Waals surface area contributed by atoms with E-state index in [4.69, 9.17) is 18.9 Å². The Morgan fingerprint density at radius 3 is 1.89 bits per heavy atom. The van der Waals surface area contributed by atoms with Crippen molar-refractivity contribution in [3.05, 3.63) is 48.8 Å². The maximum absolute atomic E-state index is 5.38. The lowest BCUT2D eigenvalue weighted by Crippen LogP contribution is -2.00. The van der Waals surface area contributed by atoms with Gasteiger partial charge in [-0.05, 0) is 12.1 Å².